The van der Waals surface area contributed by atoms with Gasteiger partial charge in [-0.2, -0.15) is 0 Å². The molecule has 90 valence electrons. The van der Waals surface area contributed by atoms with Crippen LogP contribution in [-0.2, 0) is 4.74 Å². The van der Waals surface area contributed by atoms with Crippen LogP contribution in [0, 0.1) is 5.92 Å². The SMILES string of the molecule is CC(C)C(NC1CCOCC1)c1cccs1. The zero-order chi connectivity index (χ0) is 11.4. The summed E-state index contributed by atoms with van der Waals surface area (Å²) in [5.74, 6) is 0.640. The van der Waals surface area contributed by atoms with Crippen LogP contribution in [0.2, 0.25) is 0 Å². The summed E-state index contributed by atoms with van der Waals surface area (Å²) in [6.45, 7) is 6.40. The van der Waals surface area contributed by atoms with Gasteiger partial charge in [0.1, 0.15) is 0 Å². The lowest BCUT2D eigenvalue weighted by Crippen LogP contribution is -2.38. The summed E-state index contributed by atoms with van der Waals surface area (Å²) in [6, 6.07) is 5.51. The van der Waals surface area contributed by atoms with E-state index in [1.165, 1.54) is 4.88 Å². The standard InChI is InChI=1S/C13H21NOS/c1-10(2)13(12-4-3-9-16-12)14-11-5-7-15-8-6-11/h3-4,9-11,13-14H,5-8H2,1-2H3. The zero-order valence-corrected chi connectivity index (χ0v) is 10.9. The number of hydrogen-bond donors (Lipinski definition) is 1. The van der Waals surface area contributed by atoms with Crippen LogP contribution in [0.15, 0.2) is 17.5 Å². The van der Waals surface area contributed by atoms with E-state index >= 15 is 0 Å². The Hall–Kier alpha value is -0.380. The van der Waals surface area contributed by atoms with Gasteiger partial charge >= 0.3 is 0 Å². The first-order chi connectivity index (χ1) is 7.77. The maximum atomic E-state index is 5.40. The molecule has 1 aliphatic heterocycles. The minimum absolute atomic E-state index is 0.503. The van der Waals surface area contributed by atoms with Crippen molar-refractivity contribution in [2.75, 3.05) is 13.2 Å². The van der Waals surface area contributed by atoms with Gasteiger partial charge in [0, 0.05) is 30.2 Å². The fraction of sp³-hybridized carbons (Fsp3) is 0.692. The maximum Gasteiger partial charge on any atom is 0.0480 e. The summed E-state index contributed by atoms with van der Waals surface area (Å²) in [5, 5.41) is 5.95. The molecule has 3 heteroatoms. The van der Waals surface area contributed by atoms with Crippen LogP contribution >= 0.6 is 11.3 Å². The first-order valence-electron chi connectivity index (χ1n) is 6.14. The molecule has 0 spiro atoms. The van der Waals surface area contributed by atoms with Gasteiger partial charge in [-0.05, 0) is 30.2 Å². The van der Waals surface area contributed by atoms with Gasteiger partial charge in [0.15, 0.2) is 0 Å². The number of hydrogen-bond acceptors (Lipinski definition) is 3. The molecule has 16 heavy (non-hydrogen) atoms. The lowest BCUT2D eigenvalue weighted by atomic mass is 9.99. The lowest BCUT2D eigenvalue weighted by Gasteiger charge is -2.30. The molecule has 1 fully saturated rings. The monoisotopic (exact) mass is 239 g/mol. The van der Waals surface area contributed by atoms with Gasteiger partial charge in [0.2, 0.25) is 0 Å². The van der Waals surface area contributed by atoms with Crippen LogP contribution < -0.4 is 5.32 Å². The Morgan fingerprint density at radius 2 is 2.12 bits per heavy atom. The Bertz CT molecular complexity index is 291. The van der Waals surface area contributed by atoms with E-state index in [-0.39, 0.29) is 0 Å². The van der Waals surface area contributed by atoms with Crippen LogP contribution in [0.1, 0.15) is 37.6 Å². The molecule has 0 aromatic carbocycles. The molecular weight excluding hydrogens is 218 g/mol. The van der Waals surface area contributed by atoms with Crippen molar-refractivity contribution in [2.45, 2.75) is 38.8 Å². The van der Waals surface area contributed by atoms with Crippen molar-refractivity contribution >= 4 is 11.3 Å². The third kappa shape index (κ3) is 3.06. The molecule has 2 rings (SSSR count). The molecule has 0 radical (unpaired) electrons. The van der Waals surface area contributed by atoms with Crippen molar-refractivity contribution in [3.05, 3.63) is 22.4 Å². The lowest BCUT2D eigenvalue weighted by molar-refractivity contribution is 0.0730. The average molecular weight is 239 g/mol. The first-order valence-corrected chi connectivity index (χ1v) is 7.02. The number of thiophene rings is 1. The van der Waals surface area contributed by atoms with E-state index in [2.05, 4.69) is 36.7 Å². The smallest absolute Gasteiger partial charge is 0.0480 e. The van der Waals surface area contributed by atoms with Gasteiger partial charge in [0.25, 0.3) is 0 Å². The Labute approximate surface area is 102 Å². The third-order valence-corrected chi connectivity index (χ3v) is 4.11. The zero-order valence-electron chi connectivity index (χ0n) is 10.1. The molecule has 1 atom stereocenters. The minimum Gasteiger partial charge on any atom is -0.381 e. The molecule has 1 aromatic heterocycles. The Kier molecular flexibility index (Phi) is 4.38. The predicted octanol–water partition coefficient (Wildman–Crippen LogP) is 3.21. The highest BCUT2D eigenvalue weighted by Gasteiger charge is 2.22. The van der Waals surface area contributed by atoms with E-state index < -0.39 is 0 Å². The fourth-order valence-corrected chi connectivity index (χ4v) is 3.15. The molecule has 1 aromatic rings. The normalized spacial score (nSPS) is 20.2. The van der Waals surface area contributed by atoms with Gasteiger partial charge in [-0.15, -0.1) is 11.3 Å². The number of nitrogens with one attached hydrogen (secondary N) is 1. The van der Waals surface area contributed by atoms with Gasteiger partial charge in [-0.25, -0.2) is 0 Å². The van der Waals surface area contributed by atoms with Crippen LogP contribution in [0.25, 0.3) is 0 Å². The number of ether oxygens (including phenoxy) is 1. The van der Waals surface area contributed by atoms with Gasteiger partial charge in [-0.3, -0.25) is 0 Å². The molecule has 1 aliphatic rings. The second-order valence-corrected chi connectivity index (χ2v) is 5.77. The molecule has 0 saturated carbocycles. The highest BCUT2D eigenvalue weighted by molar-refractivity contribution is 7.10. The molecular formula is C13H21NOS. The maximum absolute atomic E-state index is 5.40. The van der Waals surface area contributed by atoms with Gasteiger partial charge < -0.3 is 10.1 Å². The molecule has 0 aliphatic carbocycles. The Balaban J connectivity index is 1.97. The van der Waals surface area contributed by atoms with Crippen LogP contribution in [0.4, 0.5) is 0 Å². The van der Waals surface area contributed by atoms with Crippen molar-refractivity contribution in [1.29, 1.82) is 0 Å². The largest absolute Gasteiger partial charge is 0.381 e. The van der Waals surface area contributed by atoms with E-state index in [0.29, 0.717) is 18.0 Å². The highest BCUT2D eigenvalue weighted by Crippen LogP contribution is 2.27. The molecule has 1 unspecified atom stereocenters. The number of rotatable bonds is 4. The molecule has 0 amide bonds. The Morgan fingerprint density at radius 3 is 2.69 bits per heavy atom. The second kappa shape index (κ2) is 5.80. The molecule has 1 N–H and O–H groups in total. The van der Waals surface area contributed by atoms with Crippen molar-refractivity contribution < 1.29 is 4.74 Å². The summed E-state index contributed by atoms with van der Waals surface area (Å²) >= 11 is 1.85. The third-order valence-electron chi connectivity index (χ3n) is 3.15. The van der Waals surface area contributed by atoms with E-state index in [0.717, 1.165) is 26.1 Å². The van der Waals surface area contributed by atoms with E-state index in [1.807, 2.05) is 11.3 Å². The van der Waals surface area contributed by atoms with Crippen molar-refractivity contribution in [2.24, 2.45) is 5.92 Å². The van der Waals surface area contributed by atoms with Gasteiger partial charge in [0.05, 0.1) is 0 Å². The van der Waals surface area contributed by atoms with Crippen LogP contribution in [0.5, 0.6) is 0 Å². The summed E-state index contributed by atoms with van der Waals surface area (Å²) < 4.78 is 5.40. The summed E-state index contributed by atoms with van der Waals surface area (Å²) in [7, 11) is 0. The second-order valence-electron chi connectivity index (χ2n) is 4.79. The summed E-state index contributed by atoms with van der Waals surface area (Å²) in [5.41, 5.74) is 0. The predicted molar refractivity (Wildman–Crippen MR) is 68.9 cm³/mol. The van der Waals surface area contributed by atoms with Gasteiger partial charge in [-0.1, -0.05) is 19.9 Å². The molecule has 2 heterocycles. The quantitative estimate of drug-likeness (QED) is 0.871. The van der Waals surface area contributed by atoms with E-state index in [9.17, 15) is 0 Å². The highest BCUT2D eigenvalue weighted by atomic mass is 32.1. The molecule has 1 saturated heterocycles. The molecule has 0 bridgehead atoms. The fourth-order valence-electron chi connectivity index (χ4n) is 2.19. The summed E-state index contributed by atoms with van der Waals surface area (Å²) in [4.78, 5) is 1.46. The van der Waals surface area contributed by atoms with Crippen molar-refractivity contribution in [3.63, 3.8) is 0 Å². The van der Waals surface area contributed by atoms with Crippen molar-refractivity contribution in [3.8, 4) is 0 Å². The van der Waals surface area contributed by atoms with Crippen LogP contribution in [-0.4, -0.2) is 19.3 Å². The van der Waals surface area contributed by atoms with E-state index in [4.69, 9.17) is 4.74 Å². The van der Waals surface area contributed by atoms with E-state index in [1.54, 1.807) is 0 Å². The first kappa shape index (κ1) is 12.1. The minimum atomic E-state index is 0.503. The molecule has 2 nitrogen and oxygen atoms in total. The average Bonchev–Trinajstić information content (AvgIpc) is 2.80. The summed E-state index contributed by atoms with van der Waals surface area (Å²) in [6.07, 6.45) is 2.29. The topological polar surface area (TPSA) is 21.3 Å². The van der Waals surface area contributed by atoms with Crippen molar-refractivity contribution in [1.82, 2.24) is 5.32 Å². The van der Waals surface area contributed by atoms with Crippen LogP contribution in [0.3, 0.4) is 0 Å². The Morgan fingerprint density at radius 1 is 1.38 bits per heavy atom.